The average Bonchev–Trinajstić information content (AvgIpc) is 2.94. The summed E-state index contributed by atoms with van der Waals surface area (Å²) in [6.45, 7) is 1.07. The number of nitrogens with one attached hydrogen (secondary N) is 1. The van der Waals surface area contributed by atoms with Crippen LogP contribution in [-0.2, 0) is 19.0 Å². The topological polar surface area (TPSA) is 114 Å². The van der Waals surface area contributed by atoms with Crippen LogP contribution in [0.25, 0.3) is 0 Å². The molecule has 1 aliphatic heterocycles. The number of methoxy groups -OCH3 is 1. The fraction of sp³-hybridized carbons (Fsp3) is 0.600. The zero-order valence-corrected chi connectivity index (χ0v) is 13.0. The van der Waals surface area contributed by atoms with Crippen molar-refractivity contribution in [2.24, 2.45) is 11.8 Å². The van der Waals surface area contributed by atoms with Gasteiger partial charge >= 0.3 is 12.1 Å². The van der Waals surface area contributed by atoms with E-state index in [1.807, 2.05) is 13.0 Å². The summed E-state index contributed by atoms with van der Waals surface area (Å²) in [5.41, 5.74) is 1.37. The molecule has 0 saturated heterocycles. The molecule has 2 aliphatic rings. The largest absolute Gasteiger partial charge is 0.466 e. The molecule has 3 unspecified atom stereocenters. The molecule has 128 valence electrons. The second-order valence-corrected chi connectivity index (χ2v) is 5.50. The van der Waals surface area contributed by atoms with Gasteiger partial charge in [0.05, 0.1) is 44.1 Å². The number of carbonyl (C=O) groups is 2. The third kappa shape index (κ3) is 3.65. The monoisotopic (exact) mass is 327 g/mol. The van der Waals surface area contributed by atoms with E-state index in [1.54, 1.807) is 0 Å². The number of fused-ring (bicyclic) bond motifs is 1. The van der Waals surface area contributed by atoms with Crippen LogP contribution in [0.2, 0.25) is 0 Å². The number of hydrogen-bond acceptors (Lipinski definition) is 7. The van der Waals surface area contributed by atoms with Gasteiger partial charge in [-0.2, -0.15) is 0 Å². The Kier molecular flexibility index (Phi) is 5.62. The fourth-order valence-corrected chi connectivity index (χ4v) is 2.82. The van der Waals surface area contributed by atoms with E-state index in [-0.39, 0.29) is 11.8 Å². The summed E-state index contributed by atoms with van der Waals surface area (Å²) in [5, 5.41) is 20.3. The quantitative estimate of drug-likeness (QED) is 0.483. The number of allylic oxidation sites excluding steroid dienone is 1. The van der Waals surface area contributed by atoms with Gasteiger partial charge in [0.2, 0.25) is 0 Å². The van der Waals surface area contributed by atoms with Crippen LogP contribution in [-0.4, -0.2) is 54.9 Å². The van der Waals surface area contributed by atoms with Crippen LogP contribution < -0.4 is 5.32 Å². The normalized spacial score (nSPS) is 25.9. The number of amides is 1. The van der Waals surface area contributed by atoms with Gasteiger partial charge in [-0.1, -0.05) is 11.6 Å². The molecule has 0 fully saturated rings. The van der Waals surface area contributed by atoms with Gasteiger partial charge in [0, 0.05) is 5.92 Å². The number of esters is 1. The van der Waals surface area contributed by atoms with Crippen LogP contribution in [0.1, 0.15) is 13.3 Å². The predicted molar refractivity (Wildman–Crippen MR) is 77.9 cm³/mol. The Labute approximate surface area is 133 Å². The number of aliphatic hydroxyl groups is 2. The lowest BCUT2D eigenvalue weighted by Crippen LogP contribution is -2.45. The highest BCUT2D eigenvalue weighted by Crippen LogP contribution is 2.43. The molecule has 1 amide bonds. The first-order chi connectivity index (χ1) is 11.0. The Morgan fingerprint density at radius 2 is 2.13 bits per heavy atom. The van der Waals surface area contributed by atoms with E-state index < -0.39 is 37.6 Å². The molecule has 8 nitrogen and oxygen atoms in total. The number of hydrogen-bond donors (Lipinski definition) is 3. The molecular weight excluding hydrogens is 306 g/mol. The molecule has 2 rings (SSSR count). The first kappa shape index (κ1) is 17.3. The fourth-order valence-electron chi connectivity index (χ4n) is 2.82. The molecule has 1 aliphatic carbocycles. The first-order valence-corrected chi connectivity index (χ1v) is 7.31. The SMILES string of the molecule is COC(=O)C1=COC(OC(=O)NC(CO)CO)C2C(C)=CCC12. The van der Waals surface area contributed by atoms with Crippen LogP contribution in [0.15, 0.2) is 23.5 Å². The van der Waals surface area contributed by atoms with Gasteiger partial charge in [0.25, 0.3) is 6.29 Å². The maximum Gasteiger partial charge on any atom is 0.410 e. The zero-order chi connectivity index (χ0) is 17.0. The molecule has 3 atom stereocenters. The van der Waals surface area contributed by atoms with Crippen molar-refractivity contribution in [1.82, 2.24) is 5.32 Å². The Hall–Kier alpha value is -2.06. The number of ether oxygens (including phenoxy) is 3. The standard InChI is InChI=1S/C15H21NO7/c1-8-3-4-10-11(13(19)21-2)7-22-14(12(8)10)23-15(20)16-9(5-17)6-18/h3,7,9-10,12,14,17-18H,4-6H2,1-2H3,(H,16,20). The summed E-state index contributed by atoms with van der Waals surface area (Å²) >= 11 is 0. The summed E-state index contributed by atoms with van der Waals surface area (Å²) < 4.78 is 15.4. The van der Waals surface area contributed by atoms with Crippen molar-refractivity contribution in [1.29, 1.82) is 0 Å². The maximum absolute atomic E-state index is 11.8. The van der Waals surface area contributed by atoms with E-state index >= 15 is 0 Å². The van der Waals surface area contributed by atoms with Crippen LogP contribution >= 0.6 is 0 Å². The van der Waals surface area contributed by atoms with E-state index in [0.29, 0.717) is 12.0 Å². The Morgan fingerprint density at radius 1 is 1.43 bits per heavy atom. The van der Waals surface area contributed by atoms with Crippen molar-refractivity contribution >= 4 is 12.1 Å². The molecule has 3 N–H and O–H groups in total. The summed E-state index contributed by atoms with van der Waals surface area (Å²) in [7, 11) is 1.30. The highest BCUT2D eigenvalue weighted by atomic mass is 16.7. The van der Waals surface area contributed by atoms with Crippen molar-refractivity contribution in [3.8, 4) is 0 Å². The average molecular weight is 327 g/mol. The Balaban J connectivity index is 2.08. The lowest BCUT2D eigenvalue weighted by atomic mass is 9.84. The minimum Gasteiger partial charge on any atom is -0.466 e. The second kappa shape index (κ2) is 7.47. The lowest BCUT2D eigenvalue weighted by molar-refractivity contribution is -0.141. The molecule has 0 radical (unpaired) electrons. The van der Waals surface area contributed by atoms with Gasteiger partial charge in [0.15, 0.2) is 0 Å². The summed E-state index contributed by atoms with van der Waals surface area (Å²) in [6, 6.07) is -0.803. The number of rotatable bonds is 5. The summed E-state index contributed by atoms with van der Waals surface area (Å²) in [4.78, 5) is 23.6. The number of aliphatic hydroxyl groups excluding tert-OH is 2. The minimum absolute atomic E-state index is 0.166. The van der Waals surface area contributed by atoms with Crippen LogP contribution in [0.5, 0.6) is 0 Å². The molecule has 1 heterocycles. The van der Waals surface area contributed by atoms with E-state index in [9.17, 15) is 9.59 Å². The van der Waals surface area contributed by atoms with Crippen molar-refractivity contribution < 1.29 is 34.0 Å². The molecule has 0 saturated carbocycles. The molecule has 8 heteroatoms. The second-order valence-electron chi connectivity index (χ2n) is 5.50. The zero-order valence-electron chi connectivity index (χ0n) is 13.0. The smallest absolute Gasteiger partial charge is 0.410 e. The highest BCUT2D eigenvalue weighted by molar-refractivity contribution is 5.89. The van der Waals surface area contributed by atoms with Gasteiger partial charge in [-0.3, -0.25) is 0 Å². The minimum atomic E-state index is -0.884. The molecule has 0 aromatic carbocycles. The van der Waals surface area contributed by atoms with Crippen LogP contribution in [0.4, 0.5) is 4.79 Å². The van der Waals surface area contributed by atoms with E-state index in [0.717, 1.165) is 5.57 Å². The summed E-state index contributed by atoms with van der Waals surface area (Å²) in [6.07, 6.45) is 2.19. The Morgan fingerprint density at radius 3 is 2.74 bits per heavy atom. The molecular formula is C15H21NO7. The van der Waals surface area contributed by atoms with E-state index in [1.165, 1.54) is 13.4 Å². The van der Waals surface area contributed by atoms with Crippen LogP contribution in [0.3, 0.4) is 0 Å². The first-order valence-electron chi connectivity index (χ1n) is 7.31. The van der Waals surface area contributed by atoms with Gasteiger partial charge in [-0.15, -0.1) is 0 Å². The third-order valence-corrected chi connectivity index (χ3v) is 4.08. The predicted octanol–water partition coefficient (Wildman–Crippen LogP) is 0.0614. The maximum atomic E-state index is 11.8. The van der Waals surface area contributed by atoms with Crippen molar-refractivity contribution in [3.05, 3.63) is 23.5 Å². The van der Waals surface area contributed by atoms with E-state index in [4.69, 9.17) is 24.4 Å². The highest BCUT2D eigenvalue weighted by Gasteiger charge is 2.44. The van der Waals surface area contributed by atoms with Crippen molar-refractivity contribution in [3.63, 3.8) is 0 Å². The van der Waals surface area contributed by atoms with E-state index in [2.05, 4.69) is 5.32 Å². The molecule has 0 aromatic rings. The molecule has 0 aromatic heterocycles. The molecule has 0 bridgehead atoms. The van der Waals surface area contributed by atoms with Gasteiger partial charge in [-0.25, -0.2) is 9.59 Å². The van der Waals surface area contributed by atoms with Crippen molar-refractivity contribution in [2.45, 2.75) is 25.7 Å². The molecule has 23 heavy (non-hydrogen) atoms. The third-order valence-electron chi connectivity index (χ3n) is 4.08. The number of alkyl carbamates (subject to hydrolysis) is 1. The number of carbonyl (C=O) groups excluding carboxylic acids is 2. The van der Waals surface area contributed by atoms with Gasteiger partial charge < -0.3 is 29.7 Å². The van der Waals surface area contributed by atoms with Gasteiger partial charge in [-0.05, 0) is 13.3 Å². The molecule has 0 spiro atoms. The van der Waals surface area contributed by atoms with Crippen LogP contribution in [0, 0.1) is 11.8 Å². The van der Waals surface area contributed by atoms with Crippen molar-refractivity contribution in [2.75, 3.05) is 20.3 Å². The van der Waals surface area contributed by atoms with Gasteiger partial charge in [0.1, 0.15) is 0 Å². The lowest BCUT2D eigenvalue weighted by Gasteiger charge is -2.33. The Bertz CT molecular complexity index is 524. The summed E-state index contributed by atoms with van der Waals surface area (Å²) in [5.74, 6) is -0.909.